The number of oxime groups is 1. The van der Waals surface area contributed by atoms with Crippen LogP contribution >= 0.6 is 0 Å². The summed E-state index contributed by atoms with van der Waals surface area (Å²) in [4.78, 5) is 22.8. The molecule has 0 unspecified atom stereocenters. The fraction of sp³-hybridized carbons (Fsp3) is 0.409. The average Bonchev–Trinajstić information content (AvgIpc) is 3.30. The number of carbonyl (C=O) groups is 1. The third-order valence-corrected chi connectivity index (χ3v) is 6.90. The number of hydrogen-bond acceptors (Lipinski definition) is 8. The van der Waals surface area contributed by atoms with E-state index in [9.17, 15) is 13.2 Å². The maximum Gasteiger partial charge on any atom is 0.279 e. The Labute approximate surface area is 187 Å². The fourth-order valence-electron chi connectivity index (χ4n) is 3.33. The molecule has 1 heterocycles. The van der Waals surface area contributed by atoms with E-state index in [4.69, 9.17) is 15.3 Å². The number of amides is 1. The first kappa shape index (κ1) is 23.7. The molecule has 9 nitrogen and oxygen atoms in total. The number of hydrogen-bond donors (Lipinski definition) is 2. The molecule has 10 heteroatoms. The summed E-state index contributed by atoms with van der Waals surface area (Å²) >= 11 is 0. The van der Waals surface area contributed by atoms with E-state index in [1.165, 1.54) is 25.4 Å². The van der Waals surface area contributed by atoms with E-state index in [1.54, 1.807) is 24.3 Å². The van der Waals surface area contributed by atoms with Crippen LogP contribution in [0, 0.1) is 0 Å². The summed E-state index contributed by atoms with van der Waals surface area (Å²) in [7, 11) is -1.92. The van der Waals surface area contributed by atoms with Crippen LogP contribution in [-0.2, 0) is 24.2 Å². The van der Waals surface area contributed by atoms with Crippen molar-refractivity contribution in [2.24, 2.45) is 5.16 Å². The highest BCUT2D eigenvalue weighted by atomic mass is 32.2. The normalized spacial score (nSPS) is 15.0. The zero-order valence-corrected chi connectivity index (χ0v) is 18.8. The Hall–Kier alpha value is -2.98. The van der Waals surface area contributed by atoms with Crippen molar-refractivity contribution >= 4 is 33.0 Å². The number of sulfone groups is 1. The van der Waals surface area contributed by atoms with Gasteiger partial charge in [-0.2, -0.15) is 0 Å². The predicted molar refractivity (Wildman–Crippen MR) is 122 cm³/mol. The predicted octanol–water partition coefficient (Wildman–Crippen LogP) is 2.78. The lowest BCUT2D eigenvalue weighted by molar-refractivity contribution is -0.110. The highest BCUT2D eigenvalue weighted by Gasteiger charge is 2.21. The molecule has 1 aromatic heterocycles. The van der Waals surface area contributed by atoms with Gasteiger partial charge >= 0.3 is 0 Å². The Morgan fingerprint density at radius 1 is 1.19 bits per heavy atom. The topological polar surface area (TPSA) is 133 Å². The van der Waals surface area contributed by atoms with E-state index in [1.807, 2.05) is 0 Å². The first-order valence-electron chi connectivity index (χ1n) is 10.5. The smallest absolute Gasteiger partial charge is 0.279 e. The Balaban J connectivity index is 1.81. The van der Waals surface area contributed by atoms with Crippen molar-refractivity contribution in [2.45, 2.75) is 43.1 Å². The fourth-order valence-corrected chi connectivity index (χ4v) is 4.62. The maximum absolute atomic E-state index is 12.9. The summed E-state index contributed by atoms with van der Waals surface area (Å²) in [6.45, 7) is 0.367. The number of carbonyl (C=O) groups excluding carboxylic acids is 1. The lowest BCUT2D eigenvalue weighted by Crippen LogP contribution is -2.25. The molecule has 1 aliphatic rings. The highest BCUT2D eigenvalue weighted by molar-refractivity contribution is 7.91. The number of methoxy groups -OCH3 is 1. The molecule has 0 spiro atoms. The second-order valence-corrected chi connectivity index (χ2v) is 9.68. The molecule has 1 saturated carbocycles. The van der Waals surface area contributed by atoms with Crippen LogP contribution in [0.2, 0.25) is 0 Å². The molecule has 3 N–H and O–H groups in total. The molecule has 172 valence electrons. The molecule has 32 heavy (non-hydrogen) atoms. The number of nitrogen functional groups attached to an aromatic ring is 1. The number of nitrogens with one attached hydrogen (secondary N) is 1. The molecule has 0 aliphatic heterocycles. The Morgan fingerprint density at radius 2 is 1.91 bits per heavy atom. The van der Waals surface area contributed by atoms with Gasteiger partial charge in [-0.15, -0.1) is 0 Å². The van der Waals surface area contributed by atoms with Crippen molar-refractivity contribution in [3.63, 3.8) is 0 Å². The zero-order valence-electron chi connectivity index (χ0n) is 18.0. The minimum absolute atomic E-state index is 0.0186. The monoisotopic (exact) mass is 460 g/mol. The van der Waals surface area contributed by atoms with Gasteiger partial charge in [0.05, 0.1) is 22.5 Å². The summed E-state index contributed by atoms with van der Waals surface area (Å²) in [6.07, 6.45) is 5.70. The molecule has 2 aromatic rings. The van der Waals surface area contributed by atoms with Crippen LogP contribution in [0.5, 0.6) is 0 Å². The molecular formula is C22H28N4O5S. The minimum atomic E-state index is -3.45. The van der Waals surface area contributed by atoms with Gasteiger partial charge in [0.1, 0.15) is 11.9 Å². The van der Waals surface area contributed by atoms with Crippen LogP contribution in [0.1, 0.15) is 37.7 Å². The van der Waals surface area contributed by atoms with Gasteiger partial charge in [-0.3, -0.25) is 4.79 Å². The van der Waals surface area contributed by atoms with Gasteiger partial charge in [-0.05, 0) is 56.4 Å². The third-order valence-electron chi connectivity index (χ3n) is 5.09. The van der Waals surface area contributed by atoms with Gasteiger partial charge in [-0.25, -0.2) is 13.4 Å². The van der Waals surface area contributed by atoms with Gasteiger partial charge in [0.2, 0.25) is 0 Å². The van der Waals surface area contributed by atoms with Crippen molar-refractivity contribution in [3.05, 3.63) is 48.2 Å². The standard InChI is InChI=1S/C22H28N4O5S/c1-30-13-4-14-32(28,29)19-10-7-16(8-11-19)21(26-31-18-5-2-3-6-18)22(27)25-20-12-9-17(23)15-24-20/h7-12,15,18H,2-6,13-14,23H2,1H3,(H,24,25,27). The van der Waals surface area contributed by atoms with Crippen LogP contribution in [0.4, 0.5) is 11.5 Å². The molecule has 1 aliphatic carbocycles. The van der Waals surface area contributed by atoms with Gasteiger partial charge in [0, 0.05) is 19.3 Å². The van der Waals surface area contributed by atoms with Crippen molar-refractivity contribution in [1.82, 2.24) is 4.98 Å². The lowest BCUT2D eigenvalue weighted by atomic mass is 10.1. The molecule has 0 saturated heterocycles. The molecule has 0 radical (unpaired) electrons. The summed E-state index contributed by atoms with van der Waals surface area (Å²) in [6, 6.07) is 9.25. The molecule has 1 amide bonds. The van der Waals surface area contributed by atoms with Gasteiger partial charge in [-0.1, -0.05) is 17.3 Å². The van der Waals surface area contributed by atoms with Gasteiger partial charge in [0.25, 0.3) is 5.91 Å². The number of pyridine rings is 1. The van der Waals surface area contributed by atoms with Crippen LogP contribution < -0.4 is 11.1 Å². The highest BCUT2D eigenvalue weighted by Crippen LogP contribution is 2.22. The van der Waals surface area contributed by atoms with Crippen molar-refractivity contribution in [2.75, 3.05) is 30.5 Å². The first-order chi connectivity index (χ1) is 15.4. The summed E-state index contributed by atoms with van der Waals surface area (Å²) in [5.74, 6) is -0.221. The maximum atomic E-state index is 12.9. The van der Waals surface area contributed by atoms with E-state index < -0.39 is 15.7 Å². The molecule has 0 bridgehead atoms. The Morgan fingerprint density at radius 3 is 2.53 bits per heavy atom. The zero-order chi connectivity index (χ0) is 23.0. The Bertz CT molecular complexity index is 1030. The number of nitrogens with zero attached hydrogens (tertiary/aromatic N) is 2. The summed E-state index contributed by atoms with van der Waals surface area (Å²) in [5, 5.41) is 6.80. The van der Waals surface area contributed by atoms with Crippen LogP contribution in [0.15, 0.2) is 52.6 Å². The quantitative estimate of drug-likeness (QED) is 0.316. The van der Waals surface area contributed by atoms with Gasteiger partial charge < -0.3 is 20.6 Å². The number of ether oxygens (including phenoxy) is 1. The van der Waals surface area contributed by atoms with Crippen molar-refractivity contribution < 1.29 is 22.8 Å². The largest absolute Gasteiger partial charge is 0.397 e. The van der Waals surface area contributed by atoms with Crippen molar-refractivity contribution in [1.29, 1.82) is 0 Å². The van der Waals surface area contributed by atoms with E-state index in [-0.39, 0.29) is 22.5 Å². The number of benzene rings is 1. The number of anilines is 2. The number of rotatable bonds is 10. The molecule has 1 fully saturated rings. The van der Waals surface area contributed by atoms with E-state index in [2.05, 4.69) is 15.5 Å². The Kier molecular flexibility index (Phi) is 8.18. The summed E-state index contributed by atoms with van der Waals surface area (Å²) < 4.78 is 29.9. The minimum Gasteiger partial charge on any atom is -0.397 e. The second-order valence-electron chi connectivity index (χ2n) is 7.57. The SMILES string of the molecule is COCCCS(=O)(=O)c1ccc(C(=NOC2CCCC2)C(=O)Nc2ccc(N)cn2)cc1. The molecular weight excluding hydrogens is 432 g/mol. The van der Waals surface area contributed by atoms with Gasteiger partial charge in [0.15, 0.2) is 15.5 Å². The molecule has 3 rings (SSSR count). The third kappa shape index (κ3) is 6.51. The van der Waals surface area contributed by atoms with E-state index in [0.717, 1.165) is 25.7 Å². The molecule has 1 aromatic carbocycles. The average molecular weight is 461 g/mol. The molecule has 0 atom stereocenters. The summed E-state index contributed by atoms with van der Waals surface area (Å²) in [5.41, 5.74) is 6.59. The van der Waals surface area contributed by atoms with Crippen LogP contribution in [-0.4, -0.2) is 50.6 Å². The van der Waals surface area contributed by atoms with Crippen LogP contribution in [0.3, 0.4) is 0 Å². The number of nitrogens with two attached hydrogens (primary N) is 1. The van der Waals surface area contributed by atoms with E-state index in [0.29, 0.717) is 30.1 Å². The first-order valence-corrected chi connectivity index (χ1v) is 12.1. The lowest BCUT2D eigenvalue weighted by Gasteiger charge is -2.12. The van der Waals surface area contributed by atoms with Crippen molar-refractivity contribution in [3.8, 4) is 0 Å². The van der Waals surface area contributed by atoms with E-state index >= 15 is 0 Å². The number of aromatic nitrogens is 1. The second kappa shape index (κ2) is 11.1. The van der Waals surface area contributed by atoms with Crippen LogP contribution in [0.25, 0.3) is 0 Å².